The SMILES string of the molecule is CCc1nn(-c2nc(OC)cc(OC)n2)c(CC)c1N. The molecule has 2 heterocycles. The molecule has 0 aliphatic rings. The number of aromatic nitrogens is 4. The number of anilines is 1. The van der Waals surface area contributed by atoms with Crippen molar-refractivity contribution in [3.63, 3.8) is 0 Å². The Morgan fingerprint density at radius 2 is 1.70 bits per heavy atom. The van der Waals surface area contributed by atoms with Gasteiger partial charge in [-0.1, -0.05) is 13.8 Å². The largest absolute Gasteiger partial charge is 0.481 e. The van der Waals surface area contributed by atoms with Crippen molar-refractivity contribution in [3.8, 4) is 17.7 Å². The molecule has 0 spiro atoms. The summed E-state index contributed by atoms with van der Waals surface area (Å²) in [6.45, 7) is 4.02. The number of rotatable bonds is 5. The quantitative estimate of drug-likeness (QED) is 0.888. The van der Waals surface area contributed by atoms with Gasteiger partial charge in [-0.3, -0.25) is 0 Å². The van der Waals surface area contributed by atoms with E-state index in [0.717, 1.165) is 24.2 Å². The zero-order chi connectivity index (χ0) is 14.7. The first-order valence-electron chi connectivity index (χ1n) is 6.48. The topological polar surface area (TPSA) is 88.1 Å². The van der Waals surface area contributed by atoms with Gasteiger partial charge in [-0.2, -0.15) is 15.1 Å². The molecule has 0 amide bonds. The van der Waals surface area contributed by atoms with Crippen LogP contribution in [0.4, 0.5) is 5.69 Å². The molecule has 0 saturated heterocycles. The molecule has 0 aliphatic heterocycles. The van der Waals surface area contributed by atoms with Crippen LogP contribution in [0.25, 0.3) is 5.95 Å². The summed E-state index contributed by atoms with van der Waals surface area (Å²) in [4.78, 5) is 8.60. The van der Waals surface area contributed by atoms with E-state index in [4.69, 9.17) is 15.2 Å². The second kappa shape index (κ2) is 5.77. The van der Waals surface area contributed by atoms with Gasteiger partial charge in [0.25, 0.3) is 5.95 Å². The summed E-state index contributed by atoms with van der Waals surface area (Å²) in [6, 6.07) is 1.61. The molecule has 0 aliphatic carbocycles. The second-order valence-electron chi connectivity index (χ2n) is 4.18. The molecule has 0 unspecified atom stereocenters. The van der Waals surface area contributed by atoms with Gasteiger partial charge in [-0.15, -0.1) is 0 Å². The Kier molecular flexibility index (Phi) is 4.07. The maximum Gasteiger partial charge on any atom is 0.257 e. The van der Waals surface area contributed by atoms with E-state index in [1.54, 1.807) is 25.0 Å². The molecule has 108 valence electrons. The third-order valence-corrected chi connectivity index (χ3v) is 3.04. The zero-order valence-electron chi connectivity index (χ0n) is 12.2. The molecule has 2 aromatic rings. The maximum absolute atomic E-state index is 6.10. The summed E-state index contributed by atoms with van der Waals surface area (Å²) < 4.78 is 12.0. The second-order valence-corrected chi connectivity index (χ2v) is 4.18. The fourth-order valence-electron chi connectivity index (χ4n) is 1.98. The molecule has 7 nitrogen and oxygen atoms in total. The van der Waals surface area contributed by atoms with Crippen molar-refractivity contribution in [1.29, 1.82) is 0 Å². The van der Waals surface area contributed by atoms with Crippen LogP contribution in [0.15, 0.2) is 6.07 Å². The standard InChI is InChI=1S/C13H19N5O2/c1-5-8-12(14)9(6-2)18(17-8)13-15-10(19-3)7-11(16-13)20-4/h7H,5-6,14H2,1-4H3. The van der Waals surface area contributed by atoms with Crippen molar-refractivity contribution in [1.82, 2.24) is 19.7 Å². The number of nitrogens with two attached hydrogens (primary N) is 1. The Labute approximate surface area is 117 Å². The van der Waals surface area contributed by atoms with E-state index in [1.165, 1.54) is 0 Å². The van der Waals surface area contributed by atoms with Gasteiger partial charge in [0.05, 0.1) is 37.4 Å². The van der Waals surface area contributed by atoms with Crippen molar-refractivity contribution < 1.29 is 9.47 Å². The fraction of sp³-hybridized carbons (Fsp3) is 0.462. The minimum Gasteiger partial charge on any atom is -0.481 e. The highest BCUT2D eigenvalue weighted by Crippen LogP contribution is 2.23. The highest BCUT2D eigenvalue weighted by molar-refractivity contribution is 5.50. The van der Waals surface area contributed by atoms with E-state index in [-0.39, 0.29) is 0 Å². The Hall–Kier alpha value is -2.31. The minimum absolute atomic E-state index is 0.393. The first kappa shape index (κ1) is 14.1. The number of nitrogen functional groups attached to an aromatic ring is 1. The maximum atomic E-state index is 6.10. The van der Waals surface area contributed by atoms with Crippen LogP contribution in [0.1, 0.15) is 25.2 Å². The Morgan fingerprint density at radius 1 is 1.10 bits per heavy atom. The monoisotopic (exact) mass is 277 g/mol. The lowest BCUT2D eigenvalue weighted by molar-refractivity contribution is 0.369. The molecule has 0 bridgehead atoms. The van der Waals surface area contributed by atoms with E-state index < -0.39 is 0 Å². The zero-order valence-corrected chi connectivity index (χ0v) is 12.2. The molecule has 0 radical (unpaired) electrons. The van der Waals surface area contributed by atoms with Gasteiger partial charge >= 0.3 is 0 Å². The Bertz CT molecular complexity index is 587. The summed E-state index contributed by atoms with van der Waals surface area (Å²) in [5.74, 6) is 1.23. The summed E-state index contributed by atoms with van der Waals surface area (Å²) in [6.07, 6.45) is 1.49. The van der Waals surface area contributed by atoms with E-state index in [0.29, 0.717) is 23.4 Å². The van der Waals surface area contributed by atoms with Crippen LogP contribution in [0.5, 0.6) is 11.8 Å². The number of hydrogen-bond donors (Lipinski definition) is 1. The molecular weight excluding hydrogens is 258 g/mol. The van der Waals surface area contributed by atoms with Gasteiger partial charge < -0.3 is 15.2 Å². The third-order valence-electron chi connectivity index (χ3n) is 3.04. The highest BCUT2D eigenvalue weighted by Gasteiger charge is 2.17. The average Bonchev–Trinajstić information content (AvgIpc) is 2.82. The third kappa shape index (κ3) is 2.38. The molecule has 0 saturated carbocycles. The van der Waals surface area contributed by atoms with Crippen molar-refractivity contribution in [2.45, 2.75) is 26.7 Å². The average molecular weight is 277 g/mol. The smallest absolute Gasteiger partial charge is 0.257 e. The number of nitrogens with zero attached hydrogens (tertiary/aromatic N) is 4. The summed E-state index contributed by atoms with van der Waals surface area (Å²) in [5, 5.41) is 4.48. The van der Waals surface area contributed by atoms with Gasteiger partial charge in [0, 0.05) is 0 Å². The van der Waals surface area contributed by atoms with Gasteiger partial charge in [-0.25, -0.2) is 4.68 Å². The molecule has 0 fully saturated rings. The van der Waals surface area contributed by atoms with Crippen LogP contribution in [-0.2, 0) is 12.8 Å². The number of methoxy groups -OCH3 is 2. The van der Waals surface area contributed by atoms with Crippen LogP contribution in [0.3, 0.4) is 0 Å². The van der Waals surface area contributed by atoms with Crippen LogP contribution in [-0.4, -0.2) is 34.0 Å². The molecule has 0 atom stereocenters. The van der Waals surface area contributed by atoms with Gasteiger partial charge in [0.15, 0.2) is 0 Å². The van der Waals surface area contributed by atoms with Gasteiger partial charge in [-0.05, 0) is 12.8 Å². The lowest BCUT2D eigenvalue weighted by Gasteiger charge is -2.08. The van der Waals surface area contributed by atoms with E-state index in [9.17, 15) is 0 Å². The lowest BCUT2D eigenvalue weighted by Crippen LogP contribution is -2.09. The number of ether oxygens (including phenoxy) is 2. The summed E-state index contributed by atoms with van der Waals surface area (Å²) in [5.41, 5.74) is 8.52. The van der Waals surface area contributed by atoms with Crippen molar-refractivity contribution >= 4 is 5.69 Å². The fourth-order valence-corrected chi connectivity index (χ4v) is 1.98. The number of hydrogen-bond acceptors (Lipinski definition) is 6. The van der Waals surface area contributed by atoms with Crippen molar-refractivity contribution in [2.75, 3.05) is 20.0 Å². The Balaban J connectivity index is 2.61. The van der Waals surface area contributed by atoms with Crippen molar-refractivity contribution in [3.05, 3.63) is 17.5 Å². The lowest BCUT2D eigenvalue weighted by atomic mass is 10.2. The predicted octanol–water partition coefficient (Wildman–Crippen LogP) is 1.39. The summed E-state index contributed by atoms with van der Waals surface area (Å²) >= 11 is 0. The van der Waals surface area contributed by atoms with Crippen LogP contribution in [0, 0.1) is 0 Å². The number of aryl methyl sites for hydroxylation is 1. The van der Waals surface area contributed by atoms with E-state index in [1.807, 2.05) is 13.8 Å². The predicted molar refractivity (Wildman–Crippen MR) is 75.4 cm³/mol. The summed E-state index contributed by atoms with van der Waals surface area (Å²) in [7, 11) is 3.09. The molecule has 20 heavy (non-hydrogen) atoms. The van der Waals surface area contributed by atoms with Crippen molar-refractivity contribution in [2.24, 2.45) is 0 Å². The first-order chi connectivity index (χ1) is 9.64. The normalized spacial score (nSPS) is 10.6. The van der Waals surface area contributed by atoms with Crippen LogP contribution >= 0.6 is 0 Å². The van der Waals surface area contributed by atoms with Crippen LogP contribution in [0.2, 0.25) is 0 Å². The Morgan fingerprint density at radius 3 is 2.15 bits per heavy atom. The van der Waals surface area contributed by atoms with Crippen LogP contribution < -0.4 is 15.2 Å². The van der Waals surface area contributed by atoms with E-state index in [2.05, 4.69) is 15.1 Å². The molecule has 0 aromatic carbocycles. The highest BCUT2D eigenvalue weighted by atomic mass is 16.5. The minimum atomic E-state index is 0.393. The van der Waals surface area contributed by atoms with E-state index >= 15 is 0 Å². The molecule has 2 aromatic heterocycles. The molecular formula is C13H19N5O2. The molecule has 7 heteroatoms. The first-order valence-corrected chi connectivity index (χ1v) is 6.48. The van der Waals surface area contributed by atoms with Gasteiger partial charge in [0.2, 0.25) is 11.8 Å². The van der Waals surface area contributed by atoms with Gasteiger partial charge in [0.1, 0.15) is 0 Å². The molecule has 2 N–H and O–H groups in total. The molecule has 2 rings (SSSR count).